The number of ether oxygens (including phenoxy) is 2. The largest absolute Gasteiger partial charge is 0.497 e. The first-order valence-electron chi connectivity index (χ1n) is 8.48. The van der Waals surface area contributed by atoms with Gasteiger partial charge in [-0.3, -0.25) is 4.79 Å². The number of methoxy groups -OCH3 is 1. The van der Waals surface area contributed by atoms with Crippen LogP contribution in [0.2, 0.25) is 0 Å². The molecular formula is C18H26N2O3. The first-order chi connectivity index (χ1) is 11.2. The van der Waals surface area contributed by atoms with Gasteiger partial charge in [0.25, 0.3) is 0 Å². The minimum Gasteiger partial charge on any atom is -0.497 e. The Balaban J connectivity index is 1.68. The molecule has 1 saturated carbocycles. The molecule has 0 radical (unpaired) electrons. The van der Waals surface area contributed by atoms with E-state index in [1.807, 2.05) is 12.1 Å². The topological polar surface area (TPSA) is 59.6 Å². The predicted octanol–water partition coefficient (Wildman–Crippen LogP) is 1.96. The van der Waals surface area contributed by atoms with Crippen molar-refractivity contribution in [3.8, 4) is 5.75 Å². The van der Waals surface area contributed by atoms with Crippen molar-refractivity contribution in [1.82, 2.24) is 10.6 Å². The van der Waals surface area contributed by atoms with E-state index in [0.717, 1.165) is 44.6 Å². The van der Waals surface area contributed by atoms with Gasteiger partial charge >= 0.3 is 0 Å². The van der Waals surface area contributed by atoms with Gasteiger partial charge in [0.1, 0.15) is 5.75 Å². The summed E-state index contributed by atoms with van der Waals surface area (Å²) < 4.78 is 10.7. The SMILES string of the molecule is COc1ccc(C2(NC(=O)CC3COCCN3)CCCC2)cc1. The van der Waals surface area contributed by atoms with Crippen LogP contribution in [0, 0.1) is 0 Å². The zero-order valence-electron chi connectivity index (χ0n) is 13.8. The summed E-state index contributed by atoms with van der Waals surface area (Å²) >= 11 is 0. The fourth-order valence-corrected chi connectivity index (χ4v) is 3.67. The number of hydrogen-bond acceptors (Lipinski definition) is 4. The van der Waals surface area contributed by atoms with Crippen molar-refractivity contribution in [2.24, 2.45) is 0 Å². The maximum Gasteiger partial charge on any atom is 0.222 e. The van der Waals surface area contributed by atoms with Crippen LogP contribution in [0.4, 0.5) is 0 Å². The first kappa shape index (κ1) is 16.3. The molecule has 1 atom stereocenters. The summed E-state index contributed by atoms with van der Waals surface area (Å²) in [6.45, 7) is 2.17. The van der Waals surface area contributed by atoms with E-state index in [9.17, 15) is 4.79 Å². The minimum atomic E-state index is -0.223. The molecule has 1 aromatic rings. The summed E-state index contributed by atoms with van der Waals surface area (Å²) in [5.41, 5.74) is 0.954. The molecule has 1 aliphatic heterocycles. The van der Waals surface area contributed by atoms with Crippen molar-refractivity contribution < 1.29 is 14.3 Å². The molecule has 1 amide bonds. The molecule has 5 heteroatoms. The van der Waals surface area contributed by atoms with E-state index in [4.69, 9.17) is 9.47 Å². The number of hydrogen-bond donors (Lipinski definition) is 2. The van der Waals surface area contributed by atoms with Crippen LogP contribution in [0.1, 0.15) is 37.7 Å². The molecule has 5 nitrogen and oxygen atoms in total. The Morgan fingerprint density at radius 1 is 1.35 bits per heavy atom. The highest BCUT2D eigenvalue weighted by Gasteiger charge is 2.37. The number of benzene rings is 1. The number of rotatable bonds is 5. The fourth-order valence-electron chi connectivity index (χ4n) is 3.67. The Morgan fingerprint density at radius 2 is 2.09 bits per heavy atom. The van der Waals surface area contributed by atoms with Crippen molar-refractivity contribution in [2.45, 2.75) is 43.7 Å². The van der Waals surface area contributed by atoms with Crippen molar-refractivity contribution in [2.75, 3.05) is 26.9 Å². The summed E-state index contributed by atoms with van der Waals surface area (Å²) in [7, 11) is 1.67. The van der Waals surface area contributed by atoms with E-state index in [2.05, 4.69) is 22.8 Å². The second kappa shape index (κ2) is 7.32. The second-order valence-corrected chi connectivity index (χ2v) is 6.50. The molecule has 1 saturated heterocycles. The monoisotopic (exact) mass is 318 g/mol. The maximum atomic E-state index is 12.5. The highest BCUT2D eigenvalue weighted by Crippen LogP contribution is 2.39. The molecule has 1 aliphatic carbocycles. The lowest BCUT2D eigenvalue weighted by Crippen LogP contribution is -2.48. The highest BCUT2D eigenvalue weighted by molar-refractivity contribution is 5.77. The van der Waals surface area contributed by atoms with E-state index in [-0.39, 0.29) is 17.5 Å². The van der Waals surface area contributed by atoms with Gasteiger partial charge in [-0.25, -0.2) is 0 Å². The van der Waals surface area contributed by atoms with Crippen LogP contribution in [-0.2, 0) is 15.1 Å². The normalized spacial score (nSPS) is 23.4. The second-order valence-electron chi connectivity index (χ2n) is 6.50. The molecule has 2 N–H and O–H groups in total. The van der Waals surface area contributed by atoms with Gasteiger partial charge in [0.05, 0.1) is 25.9 Å². The molecule has 1 aromatic carbocycles. The van der Waals surface area contributed by atoms with Gasteiger partial charge in [-0.2, -0.15) is 0 Å². The van der Waals surface area contributed by atoms with E-state index < -0.39 is 0 Å². The van der Waals surface area contributed by atoms with Crippen LogP contribution in [0.25, 0.3) is 0 Å². The van der Waals surface area contributed by atoms with Gasteiger partial charge in [0.15, 0.2) is 0 Å². The average Bonchev–Trinajstić information content (AvgIpc) is 3.05. The maximum absolute atomic E-state index is 12.5. The lowest BCUT2D eigenvalue weighted by Gasteiger charge is -2.32. The Morgan fingerprint density at radius 3 is 2.70 bits per heavy atom. The summed E-state index contributed by atoms with van der Waals surface area (Å²) in [4.78, 5) is 12.5. The van der Waals surface area contributed by atoms with Crippen LogP contribution < -0.4 is 15.4 Å². The Labute approximate surface area is 137 Å². The van der Waals surface area contributed by atoms with Gasteiger partial charge < -0.3 is 20.1 Å². The highest BCUT2D eigenvalue weighted by atomic mass is 16.5. The summed E-state index contributed by atoms with van der Waals surface area (Å²) in [6, 6.07) is 8.22. The predicted molar refractivity (Wildman–Crippen MR) is 88.5 cm³/mol. The molecular weight excluding hydrogens is 292 g/mol. The first-order valence-corrected chi connectivity index (χ1v) is 8.48. The molecule has 0 aromatic heterocycles. The lowest BCUT2D eigenvalue weighted by molar-refractivity contribution is -0.124. The standard InChI is InChI=1S/C18H26N2O3/c1-22-16-6-4-14(5-7-16)18(8-2-3-9-18)20-17(21)12-15-13-23-11-10-19-15/h4-7,15,19H,2-3,8-13H2,1H3,(H,20,21). The molecule has 3 rings (SSSR count). The van der Waals surface area contributed by atoms with Gasteiger partial charge in [-0.15, -0.1) is 0 Å². The zero-order valence-corrected chi connectivity index (χ0v) is 13.8. The molecule has 1 unspecified atom stereocenters. The summed E-state index contributed by atoms with van der Waals surface area (Å²) in [5, 5.41) is 6.66. The third-order valence-electron chi connectivity index (χ3n) is 4.91. The molecule has 2 fully saturated rings. The average molecular weight is 318 g/mol. The number of carbonyl (C=O) groups is 1. The third kappa shape index (κ3) is 3.85. The smallest absolute Gasteiger partial charge is 0.222 e. The Bertz CT molecular complexity index is 518. The van der Waals surface area contributed by atoms with Crippen molar-refractivity contribution >= 4 is 5.91 Å². The number of amides is 1. The van der Waals surface area contributed by atoms with Crippen LogP contribution >= 0.6 is 0 Å². The zero-order chi connectivity index (χ0) is 16.1. The van der Waals surface area contributed by atoms with Gasteiger partial charge in [-0.05, 0) is 30.5 Å². The molecule has 126 valence electrons. The van der Waals surface area contributed by atoms with E-state index in [1.54, 1.807) is 7.11 Å². The lowest BCUT2D eigenvalue weighted by atomic mass is 9.87. The third-order valence-corrected chi connectivity index (χ3v) is 4.91. The minimum absolute atomic E-state index is 0.103. The molecule has 2 aliphatic rings. The van der Waals surface area contributed by atoms with Crippen LogP contribution in [0.15, 0.2) is 24.3 Å². The van der Waals surface area contributed by atoms with Gasteiger partial charge in [0.2, 0.25) is 5.91 Å². The van der Waals surface area contributed by atoms with Crippen LogP contribution in [0.3, 0.4) is 0 Å². The molecule has 0 spiro atoms. The Kier molecular flexibility index (Phi) is 5.18. The van der Waals surface area contributed by atoms with Gasteiger partial charge in [-0.1, -0.05) is 25.0 Å². The van der Waals surface area contributed by atoms with E-state index >= 15 is 0 Å². The number of morpholine rings is 1. The van der Waals surface area contributed by atoms with Crippen LogP contribution in [-0.4, -0.2) is 38.8 Å². The van der Waals surface area contributed by atoms with E-state index in [0.29, 0.717) is 13.0 Å². The van der Waals surface area contributed by atoms with Crippen molar-refractivity contribution in [3.05, 3.63) is 29.8 Å². The van der Waals surface area contributed by atoms with Crippen LogP contribution in [0.5, 0.6) is 5.75 Å². The number of nitrogens with one attached hydrogen (secondary N) is 2. The molecule has 1 heterocycles. The van der Waals surface area contributed by atoms with E-state index in [1.165, 1.54) is 5.56 Å². The van der Waals surface area contributed by atoms with Crippen molar-refractivity contribution in [1.29, 1.82) is 0 Å². The fraction of sp³-hybridized carbons (Fsp3) is 0.611. The van der Waals surface area contributed by atoms with Crippen molar-refractivity contribution in [3.63, 3.8) is 0 Å². The summed E-state index contributed by atoms with van der Waals surface area (Å²) in [6.07, 6.45) is 4.77. The summed E-state index contributed by atoms with van der Waals surface area (Å²) in [5.74, 6) is 0.947. The van der Waals surface area contributed by atoms with Gasteiger partial charge in [0, 0.05) is 19.0 Å². The number of carbonyl (C=O) groups excluding carboxylic acids is 1. The molecule has 0 bridgehead atoms. The Hall–Kier alpha value is -1.59. The molecule has 23 heavy (non-hydrogen) atoms. The quantitative estimate of drug-likeness (QED) is 0.871.